The first-order valence-corrected chi connectivity index (χ1v) is 8.37. The zero-order chi connectivity index (χ0) is 13.9. The molecule has 0 bridgehead atoms. The van der Waals surface area contributed by atoms with E-state index < -0.39 is 0 Å². The normalized spacial score (nSPS) is 14.5. The Hall–Kier alpha value is -1.03. The summed E-state index contributed by atoms with van der Waals surface area (Å²) < 4.78 is 0. The maximum atomic E-state index is 6.38. The molecule has 0 unspecified atom stereocenters. The summed E-state index contributed by atoms with van der Waals surface area (Å²) in [5.74, 6) is 0. The molecule has 0 aliphatic heterocycles. The van der Waals surface area contributed by atoms with E-state index in [9.17, 15) is 0 Å². The molecule has 1 heterocycles. The lowest BCUT2D eigenvalue weighted by molar-refractivity contribution is 0.786. The predicted octanol–water partition coefficient (Wildman–Crippen LogP) is 4.07. The highest BCUT2D eigenvalue weighted by molar-refractivity contribution is 7.07. The van der Waals surface area contributed by atoms with E-state index in [1.54, 1.807) is 11.3 Å². The van der Waals surface area contributed by atoms with Gasteiger partial charge in [-0.15, -0.1) is 0 Å². The van der Waals surface area contributed by atoms with Crippen molar-refractivity contribution in [3.8, 4) is 0 Å². The van der Waals surface area contributed by atoms with Crippen LogP contribution >= 0.6 is 22.9 Å². The average Bonchev–Trinajstić information content (AvgIpc) is 3.16. The first kappa shape index (κ1) is 13.9. The van der Waals surface area contributed by atoms with Crippen LogP contribution in [0.4, 0.5) is 5.69 Å². The molecule has 1 fully saturated rings. The van der Waals surface area contributed by atoms with Crippen LogP contribution in [-0.2, 0) is 13.0 Å². The van der Waals surface area contributed by atoms with Crippen LogP contribution < -0.4 is 10.6 Å². The van der Waals surface area contributed by atoms with Crippen LogP contribution in [-0.4, -0.2) is 12.6 Å². The largest absolute Gasteiger partial charge is 0.364 e. The van der Waals surface area contributed by atoms with Crippen molar-refractivity contribution in [1.29, 1.82) is 0 Å². The van der Waals surface area contributed by atoms with Crippen LogP contribution in [0.1, 0.15) is 24.0 Å². The van der Waals surface area contributed by atoms with Crippen molar-refractivity contribution in [3.63, 3.8) is 0 Å². The van der Waals surface area contributed by atoms with Gasteiger partial charge in [-0.3, -0.25) is 0 Å². The third-order valence-corrected chi connectivity index (χ3v) is 4.80. The van der Waals surface area contributed by atoms with Crippen LogP contribution in [0.15, 0.2) is 35.0 Å². The second-order valence-corrected chi connectivity index (χ2v) is 6.45. The Balaban J connectivity index is 1.93. The SMILES string of the molecule is NCCc1c(Cl)cccc1N(Cc1ccsc1)C1CC1. The fraction of sp³-hybridized carbons (Fsp3) is 0.375. The third kappa shape index (κ3) is 3.00. The number of hydrogen-bond acceptors (Lipinski definition) is 3. The standard InChI is InChI=1S/C16H19ClN2S/c17-15-2-1-3-16(14(15)6-8-18)19(13-4-5-13)10-12-7-9-20-11-12/h1-3,7,9,11,13H,4-6,8,10,18H2. The molecule has 3 rings (SSSR count). The molecule has 0 saturated heterocycles. The Kier molecular flexibility index (Phi) is 4.29. The van der Waals surface area contributed by atoms with E-state index in [1.807, 2.05) is 12.1 Å². The first-order chi connectivity index (χ1) is 9.79. The molecule has 1 aliphatic rings. The number of halogens is 1. The van der Waals surface area contributed by atoms with Gasteiger partial charge in [-0.2, -0.15) is 11.3 Å². The summed E-state index contributed by atoms with van der Waals surface area (Å²) in [6.45, 7) is 1.60. The van der Waals surface area contributed by atoms with E-state index in [1.165, 1.54) is 29.7 Å². The van der Waals surface area contributed by atoms with E-state index in [-0.39, 0.29) is 0 Å². The lowest BCUT2D eigenvalue weighted by Crippen LogP contribution is -2.26. The van der Waals surface area contributed by atoms with Gasteiger partial charge in [-0.05, 0) is 65.9 Å². The lowest BCUT2D eigenvalue weighted by Gasteiger charge is -2.27. The minimum absolute atomic E-state index is 0.633. The maximum Gasteiger partial charge on any atom is 0.0459 e. The van der Waals surface area contributed by atoms with E-state index >= 15 is 0 Å². The van der Waals surface area contributed by atoms with Crippen LogP contribution in [0, 0.1) is 0 Å². The molecule has 0 amide bonds. The zero-order valence-corrected chi connectivity index (χ0v) is 13.0. The molecule has 1 aliphatic carbocycles. The predicted molar refractivity (Wildman–Crippen MR) is 87.7 cm³/mol. The molecular weight excluding hydrogens is 288 g/mol. The van der Waals surface area contributed by atoms with Gasteiger partial charge in [0.2, 0.25) is 0 Å². The van der Waals surface area contributed by atoms with E-state index in [0.29, 0.717) is 12.6 Å². The molecule has 0 spiro atoms. The summed E-state index contributed by atoms with van der Waals surface area (Å²) in [5.41, 5.74) is 9.58. The van der Waals surface area contributed by atoms with Gasteiger partial charge in [-0.25, -0.2) is 0 Å². The Labute approximate surface area is 129 Å². The van der Waals surface area contributed by atoms with Crippen molar-refractivity contribution >= 4 is 28.6 Å². The maximum absolute atomic E-state index is 6.38. The summed E-state index contributed by atoms with van der Waals surface area (Å²) in [7, 11) is 0. The molecule has 0 atom stereocenters. The zero-order valence-electron chi connectivity index (χ0n) is 11.4. The minimum Gasteiger partial charge on any atom is -0.364 e. The molecule has 2 nitrogen and oxygen atoms in total. The van der Waals surface area contributed by atoms with Gasteiger partial charge in [0.15, 0.2) is 0 Å². The third-order valence-electron chi connectivity index (χ3n) is 3.72. The highest BCUT2D eigenvalue weighted by Crippen LogP contribution is 2.37. The number of nitrogens with two attached hydrogens (primary N) is 1. The molecule has 20 heavy (non-hydrogen) atoms. The van der Waals surface area contributed by atoms with Crippen molar-refractivity contribution in [3.05, 3.63) is 51.2 Å². The van der Waals surface area contributed by atoms with Crippen molar-refractivity contribution in [2.75, 3.05) is 11.4 Å². The molecule has 0 radical (unpaired) electrons. The summed E-state index contributed by atoms with van der Waals surface area (Å²) in [4.78, 5) is 2.50. The highest BCUT2D eigenvalue weighted by atomic mass is 35.5. The van der Waals surface area contributed by atoms with Crippen molar-refractivity contribution in [1.82, 2.24) is 0 Å². The van der Waals surface area contributed by atoms with E-state index in [4.69, 9.17) is 17.3 Å². The molecule has 1 aromatic carbocycles. The van der Waals surface area contributed by atoms with Crippen molar-refractivity contribution < 1.29 is 0 Å². The molecule has 1 saturated carbocycles. The van der Waals surface area contributed by atoms with Gasteiger partial charge < -0.3 is 10.6 Å². The summed E-state index contributed by atoms with van der Waals surface area (Å²) in [6.07, 6.45) is 3.39. The molecule has 1 aromatic heterocycles. The second-order valence-electron chi connectivity index (χ2n) is 5.27. The fourth-order valence-electron chi connectivity index (χ4n) is 2.58. The Morgan fingerprint density at radius 3 is 2.80 bits per heavy atom. The lowest BCUT2D eigenvalue weighted by atomic mass is 10.1. The van der Waals surface area contributed by atoms with Crippen LogP contribution in [0.5, 0.6) is 0 Å². The van der Waals surface area contributed by atoms with Crippen LogP contribution in [0.25, 0.3) is 0 Å². The number of anilines is 1. The summed E-state index contributed by atoms with van der Waals surface area (Å²) >= 11 is 8.13. The van der Waals surface area contributed by atoms with Crippen LogP contribution in [0.2, 0.25) is 5.02 Å². The van der Waals surface area contributed by atoms with Gasteiger partial charge in [0.25, 0.3) is 0 Å². The average molecular weight is 307 g/mol. The van der Waals surface area contributed by atoms with Gasteiger partial charge in [0.05, 0.1) is 0 Å². The molecule has 4 heteroatoms. The Morgan fingerprint density at radius 1 is 1.30 bits per heavy atom. The van der Waals surface area contributed by atoms with Crippen molar-refractivity contribution in [2.24, 2.45) is 5.73 Å². The smallest absolute Gasteiger partial charge is 0.0459 e. The van der Waals surface area contributed by atoms with E-state index in [2.05, 4.69) is 27.8 Å². The summed E-state index contributed by atoms with van der Waals surface area (Å²) in [5, 5.41) is 5.20. The van der Waals surface area contributed by atoms with Crippen molar-refractivity contribution in [2.45, 2.75) is 31.8 Å². The molecule has 2 aromatic rings. The number of benzene rings is 1. The first-order valence-electron chi connectivity index (χ1n) is 7.04. The Morgan fingerprint density at radius 2 is 2.15 bits per heavy atom. The quantitative estimate of drug-likeness (QED) is 0.871. The van der Waals surface area contributed by atoms with E-state index in [0.717, 1.165) is 18.0 Å². The number of nitrogens with zero attached hydrogens (tertiary/aromatic N) is 1. The van der Waals surface area contributed by atoms with Crippen LogP contribution in [0.3, 0.4) is 0 Å². The number of thiophene rings is 1. The minimum atomic E-state index is 0.633. The topological polar surface area (TPSA) is 29.3 Å². The Bertz CT molecular complexity index is 564. The highest BCUT2D eigenvalue weighted by Gasteiger charge is 2.30. The molecule has 2 N–H and O–H groups in total. The van der Waals surface area contributed by atoms with Gasteiger partial charge >= 0.3 is 0 Å². The van der Waals surface area contributed by atoms with Gasteiger partial charge in [-0.1, -0.05) is 17.7 Å². The van der Waals surface area contributed by atoms with Gasteiger partial charge in [0, 0.05) is 23.3 Å². The summed E-state index contributed by atoms with van der Waals surface area (Å²) in [6, 6.07) is 9.05. The molecule has 106 valence electrons. The fourth-order valence-corrected chi connectivity index (χ4v) is 3.51. The van der Waals surface area contributed by atoms with Gasteiger partial charge in [0.1, 0.15) is 0 Å². The monoisotopic (exact) mass is 306 g/mol. The molecular formula is C16H19ClN2S. The number of hydrogen-bond donors (Lipinski definition) is 1. The second kappa shape index (κ2) is 6.17. The number of rotatable bonds is 6.